The Morgan fingerprint density at radius 2 is 2.10 bits per heavy atom. The fourth-order valence-electron chi connectivity index (χ4n) is 2.60. The molecule has 4 nitrogen and oxygen atoms in total. The fourth-order valence-corrected chi connectivity index (χ4v) is 2.60. The second-order valence-electron chi connectivity index (χ2n) is 5.32. The largest absolute Gasteiger partial charge is 0.496 e. The maximum absolute atomic E-state index is 11.9. The average molecular weight is 276 g/mol. The summed E-state index contributed by atoms with van der Waals surface area (Å²) < 4.78 is 5.24. The van der Waals surface area contributed by atoms with Gasteiger partial charge < -0.3 is 15.0 Å². The Hall–Kier alpha value is -1.55. The van der Waals surface area contributed by atoms with Crippen LogP contribution in [0.5, 0.6) is 5.75 Å². The number of carbonyl (C=O) groups is 1. The number of rotatable bonds is 6. The van der Waals surface area contributed by atoms with Crippen LogP contribution in [0, 0.1) is 6.92 Å². The summed E-state index contributed by atoms with van der Waals surface area (Å²) in [6.07, 6.45) is 2.91. The van der Waals surface area contributed by atoms with E-state index in [1.807, 2.05) is 17.9 Å². The summed E-state index contributed by atoms with van der Waals surface area (Å²) in [7, 11) is 1.68. The third kappa shape index (κ3) is 3.97. The van der Waals surface area contributed by atoms with Crippen molar-refractivity contribution in [2.45, 2.75) is 32.7 Å². The predicted molar refractivity (Wildman–Crippen MR) is 79.9 cm³/mol. The van der Waals surface area contributed by atoms with Gasteiger partial charge in [-0.25, -0.2) is 0 Å². The number of benzene rings is 1. The molecule has 4 heteroatoms. The lowest BCUT2D eigenvalue weighted by atomic mass is 10.1. The molecule has 0 radical (unpaired) electrons. The van der Waals surface area contributed by atoms with Gasteiger partial charge >= 0.3 is 0 Å². The minimum Gasteiger partial charge on any atom is -0.496 e. The number of ether oxygens (including phenoxy) is 1. The maximum atomic E-state index is 11.9. The zero-order chi connectivity index (χ0) is 14.4. The molecule has 0 spiro atoms. The summed E-state index contributed by atoms with van der Waals surface area (Å²) in [4.78, 5) is 13.8. The van der Waals surface area contributed by atoms with Crippen molar-refractivity contribution >= 4 is 5.91 Å². The quantitative estimate of drug-likeness (QED) is 0.809. The minimum absolute atomic E-state index is 0.279. The van der Waals surface area contributed by atoms with Gasteiger partial charge in [0.25, 0.3) is 0 Å². The Kier molecular flexibility index (Phi) is 5.41. The van der Waals surface area contributed by atoms with Gasteiger partial charge in [-0.1, -0.05) is 12.1 Å². The standard InChI is InChI=1S/C16H24N2O2/c1-13-11-14(5-6-15(13)20-2)12-17-8-7-16(19)18-9-3-4-10-18/h5-6,11,17H,3-4,7-10,12H2,1-2H3. The van der Waals surface area contributed by atoms with Gasteiger partial charge in [-0.15, -0.1) is 0 Å². The van der Waals surface area contributed by atoms with Gasteiger partial charge in [-0.3, -0.25) is 4.79 Å². The van der Waals surface area contributed by atoms with Crippen molar-refractivity contribution < 1.29 is 9.53 Å². The van der Waals surface area contributed by atoms with Gasteiger partial charge in [-0.2, -0.15) is 0 Å². The van der Waals surface area contributed by atoms with E-state index in [9.17, 15) is 4.79 Å². The number of nitrogens with one attached hydrogen (secondary N) is 1. The van der Waals surface area contributed by atoms with Crippen LogP contribution >= 0.6 is 0 Å². The van der Waals surface area contributed by atoms with Crippen LogP contribution in [0.15, 0.2) is 18.2 Å². The Morgan fingerprint density at radius 1 is 1.35 bits per heavy atom. The van der Waals surface area contributed by atoms with Crippen molar-refractivity contribution in [3.63, 3.8) is 0 Å². The molecule has 1 aromatic rings. The molecule has 1 amide bonds. The van der Waals surface area contributed by atoms with E-state index in [2.05, 4.69) is 17.4 Å². The van der Waals surface area contributed by atoms with E-state index in [0.29, 0.717) is 6.42 Å². The van der Waals surface area contributed by atoms with Gasteiger partial charge in [0.15, 0.2) is 0 Å². The molecular formula is C16H24N2O2. The Labute approximate surface area is 121 Å². The Balaban J connectivity index is 1.70. The SMILES string of the molecule is COc1ccc(CNCCC(=O)N2CCCC2)cc1C. The van der Waals surface area contributed by atoms with Crippen LogP contribution in [0.4, 0.5) is 0 Å². The van der Waals surface area contributed by atoms with E-state index in [1.165, 1.54) is 5.56 Å². The zero-order valence-corrected chi connectivity index (χ0v) is 12.4. The molecule has 0 unspecified atom stereocenters. The molecule has 0 aromatic heterocycles. The Bertz CT molecular complexity index is 454. The summed E-state index contributed by atoms with van der Waals surface area (Å²) in [5.41, 5.74) is 2.36. The van der Waals surface area contributed by atoms with Crippen LogP contribution < -0.4 is 10.1 Å². The van der Waals surface area contributed by atoms with E-state index in [1.54, 1.807) is 7.11 Å². The maximum Gasteiger partial charge on any atom is 0.223 e. The normalized spacial score (nSPS) is 14.6. The average Bonchev–Trinajstić information content (AvgIpc) is 2.98. The van der Waals surface area contributed by atoms with E-state index >= 15 is 0 Å². The molecule has 20 heavy (non-hydrogen) atoms. The molecule has 1 aliphatic rings. The summed E-state index contributed by atoms with van der Waals surface area (Å²) in [5.74, 6) is 1.19. The van der Waals surface area contributed by atoms with Crippen molar-refractivity contribution in [1.29, 1.82) is 0 Å². The van der Waals surface area contributed by atoms with Crippen LogP contribution in [0.3, 0.4) is 0 Å². The molecular weight excluding hydrogens is 252 g/mol. The number of nitrogens with zero attached hydrogens (tertiary/aromatic N) is 1. The molecule has 0 atom stereocenters. The first-order valence-corrected chi connectivity index (χ1v) is 7.32. The first-order valence-electron chi connectivity index (χ1n) is 7.32. The van der Waals surface area contributed by atoms with E-state index in [-0.39, 0.29) is 5.91 Å². The van der Waals surface area contributed by atoms with Gasteiger partial charge in [0.1, 0.15) is 5.75 Å². The molecule has 0 aliphatic carbocycles. The van der Waals surface area contributed by atoms with Crippen LogP contribution in [-0.2, 0) is 11.3 Å². The first-order chi connectivity index (χ1) is 9.70. The molecule has 0 bridgehead atoms. The lowest BCUT2D eigenvalue weighted by Gasteiger charge is -2.15. The van der Waals surface area contributed by atoms with Gasteiger partial charge in [0, 0.05) is 32.6 Å². The molecule has 1 heterocycles. The summed E-state index contributed by atoms with van der Waals surface area (Å²) in [6, 6.07) is 6.16. The van der Waals surface area contributed by atoms with Gasteiger partial charge in [0.05, 0.1) is 7.11 Å². The monoisotopic (exact) mass is 276 g/mol. The summed E-state index contributed by atoms with van der Waals surface area (Å²) in [5, 5.41) is 3.33. The minimum atomic E-state index is 0.279. The second kappa shape index (κ2) is 7.29. The van der Waals surface area contributed by atoms with Gasteiger partial charge in [-0.05, 0) is 37.0 Å². The number of amides is 1. The van der Waals surface area contributed by atoms with Crippen molar-refractivity contribution in [3.05, 3.63) is 29.3 Å². The second-order valence-corrected chi connectivity index (χ2v) is 5.32. The summed E-state index contributed by atoms with van der Waals surface area (Å²) in [6.45, 7) is 5.45. The number of carbonyl (C=O) groups excluding carboxylic acids is 1. The third-order valence-corrected chi connectivity index (χ3v) is 3.76. The van der Waals surface area contributed by atoms with Crippen molar-refractivity contribution in [1.82, 2.24) is 10.2 Å². The molecule has 1 aliphatic heterocycles. The smallest absolute Gasteiger partial charge is 0.223 e. The highest BCUT2D eigenvalue weighted by Gasteiger charge is 2.16. The number of hydrogen-bond donors (Lipinski definition) is 1. The molecule has 1 saturated heterocycles. The van der Waals surface area contributed by atoms with Crippen LogP contribution in [-0.4, -0.2) is 37.6 Å². The fraction of sp³-hybridized carbons (Fsp3) is 0.562. The number of hydrogen-bond acceptors (Lipinski definition) is 3. The van der Waals surface area contributed by atoms with Crippen LogP contribution in [0.25, 0.3) is 0 Å². The van der Waals surface area contributed by atoms with Crippen LogP contribution in [0.1, 0.15) is 30.4 Å². The number of methoxy groups -OCH3 is 1. The van der Waals surface area contributed by atoms with Gasteiger partial charge in [0.2, 0.25) is 5.91 Å². The number of likely N-dealkylation sites (tertiary alicyclic amines) is 1. The predicted octanol–water partition coefficient (Wildman–Crippen LogP) is 2.11. The van der Waals surface area contributed by atoms with E-state index < -0.39 is 0 Å². The zero-order valence-electron chi connectivity index (χ0n) is 12.4. The molecule has 110 valence electrons. The summed E-state index contributed by atoms with van der Waals surface area (Å²) >= 11 is 0. The van der Waals surface area contributed by atoms with Crippen LogP contribution in [0.2, 0.25) is 0 Å². The highest BCUT2D eigenvalue weighted by Crippen LogP contribution is 2.18. The molecule has 2 rings (SSSR count). The lowest BCUT2D eigenvalue weighted by molar-refractivity contribution is -0.130. The Morgan fingerprint density at radius 3 is 2.75 bits per heavy atom. The van der Waals surface area contributed by atoms with Crippen molar-refractivity contribution in [3.8, 4) is 5.75 Å². The molecule has 0 saturated carbocycles. The first kappa shape index (κ1) is 14.9. The van der Waals surface area contributed by atoms with E-state index in [4.69, 9.17) is 4.74 Å². The van der Waals surface area contributed by atoms with Crippen molar-refractivity contribution in [2.75, 3.05) is 26.7 Å². The molecule has 1 aromatic carbocycles. The topological polar surface area (TPSA) is 41.6 Å². The highest BCUT2D eigenvalue weighted by molar-refractivity contribution is 5.76. The highest BCUT2D eigenvalue weighted by atomic mass is 16.5. The van der Waals surface area contributed by atoms with Crippen molar-refractivity contribution in [2.24, 2.45) is 0 Å². The number of aryl methyl sites for hydroxylation is 1. The lowest BCUT2D eigenvalue weighted by Crippen LogP contribution is -2.30. The molecule has 1 fully saturated rings. The third-order valence-electron chi connectivity index (χ3n) is 3.76. The van der Waals surface area contributed by atoms with E-state index in [0.717, 1.165) is 50.3 Å². The molecule has 1 N–H and O–H groups in total.